The molecule has 1 atom stereocenters. The van der Waals surface area contributed by atoms with Gasteiger partial charge in [-0.25, -0.2) is 0 Å². The van der Waals surface area contributed by atoms with E-state index in [0.29, 0.717) is 6.42 Å². The molecule has 4 heteroatoms. The van der Waals surface area contributed by atoms with Gasteiger partial charge in [0.15, 0.2) is 0 Å². The molecule has 1 amide bonds. The SMILES string of the molecule is Cc1ccc([C@@H](C)NC(=O)Cc2c(C)[nH]c3ccccc23)o1. The molecular weight excluding hydrogens is 276 g/mol. The Kier molecular flexibility index (Phi) is 3.75. The van der Waals surface area contributed by atoms with Crippen molar-refractivity contribution < 1.29 is 9.21 Å². The summed E-state index contributed by atoms with van der Waals surface area (Å²) in [4.78, 5) is 15.7. The van der Waals surface area contributed by atoms with Crippen LogP contribution in [0.4, 0.5) is 0 Å². The molecular formula is C18H20N2O2. The molecule has 0 saturated heterocycles. The molecule has 0 aliphatic heterocycles. The Morgan fingerprint density at radius 2 is 2.00 bits per heavy atom. The van der Waals surface area contributed by atoms with E-state index in [1.54, 1.807) is 0 Å². The van der Waals surface area contributed by atoms with Gasteiger partial charge in [0, 0.05) is 16.6 Å². The Morgan fingerprint density at radius 3 is 2.73 bits per heavy atom. The average Bonchev–Trinajstić information content (AvgIpc) is 3.04. The number of nitrogens with one attached hydrogen (secondary N) is 2. The van der Waals surface area contributed by atoms with Crippen LogP contribution in [-0.4, -0.2) is 10.9 Å². The van der Waals surface area contributed by atoms with E-state index < -0.39 is 0 Å². The van der Waals surface area contributed by atoms with E-state index in [2.05, 4.69) is 10.3 Å². The van der Waals surface area contributed by atoms with Crippen molar-refractivity contribution in [3.8, 4) is 0 Å². The number of hydrogen-bond donors (Lipinski definition) is 2. The third kappa shape index (κ3) is 2.77. The smallest absolute Gasteiger partial charge is 0.225 e. The van der Waals surface area contributed by atoms with Crippen LogP contribution in [0, 0.1) is 13.8 Å². The largest absolute Gasteiger partial charge is 0.464 e. The van der Waals surface area contributed by atoms with E-state index in [0.717, 1.165) is 33.7 Å². The van der Waals surface area contributed by atoms with Crippen LogP contribution >= 0.6 is 0 Å². The number of aromatic amines is 1. The number of furan rings is 1. The molecule has 0 spiro atoms. The first-order valence-electron chi connectivity index (χ1n) is 7.46. The minimum Gasteiger partial charge on any atom is -0.464 e. The highest BCUT2D eigenvalue weighted by atomic mass is 16.3. The lowest BCUT2D eigenvalue weighted by Gasteiger charge is -2.11. The Balaban J connectivity index is 1.74. The molecule has 0 bridgehead atoms. The Morgan fingerprint density at radius 1 is 1.23 bits per heavy atom. The maximum atomic E-state index is 12.3. The second kappa shape index (κ2) is 5.72. The number of aromatic nitrogens is 1. The highest BCUT2D eigenvalue weighted by Crippen LogP contribution is 2.23. The van der Waals surface area contributed by atoms with Crippen molar-refractivity contribution in [2.45, 2.75) is 33.2 Å². The number of rotatable bonds is 4. The van der Waals surface area contributed by atoms with Gasteiger partial charge in [0.25, 0.3) is 0 Å². The lowest BCUT2D eigenvalue weighted by atomic mass is 10.1. The highest BCUT2D eigenvalue weighted by Gasteiger charge is 2.16. The molecule has 114 valence electrons. The zero-order valence-electron chi connectivity index (χ0n) is 13.1. The number of carbonyl (C=O) groups is 1. The summed E-state index contributed by atoms with van der Waals surface area (Å²) in [6, 6.07) is 11.7. The number of carbonyl (C=O) groups excluding carboxylic acids is 1. The fraction of sp³-hybridized carbons (Fsp3) is 0.278. The number of hydrogen-bond acceptors (Lipinski definition) is 2. The molecule has 3 aromatic rings. The highest BCUT2D eigenvalue weighted by molar-refractivity contribution is 5.90. The molecule has 0 aliphatic carbocycles. The van der Waals surface area contributed by atoms with Crippen molar-refractivity contribution in [1.82, 2.24) is 10.3 Å². The van der Waals surface area contributed by atoms with Gasteiger partial charge < -0.3 is 14.7 Å². The first-order valence-corrected chi connectivity index (χ1v) is 7.46. The van der Waals surface area contributed by atoms with Gasteiger partial charge in [-0.05, 0) is 44.5 Å². The number of fused-ring (bicyclic) bond motifs is 1. The van der Waals surface area contributed by atoms with Crippen molar-refractivity contribution >= 4 is 16.8 Å². The summed E-state index contributed by atoms with van der Waals surface area (Å²) >= 11 is 0. The van der Waals surface area contributed by atoms with E-state index in [9.17, 15) is 4.79 Å². The summed E-state index contributed by atoms with van der Waals surface area (Å²) < 4.78 is 5.55. The maximum Gasteiger partial charge on any atom is 0.225 e. The molecule has 2 heterocycles. The molecule has 1 aromatic carbocycles. The molecule has 2 N–H and O–H groups in total. The van der Waals surface area contributed by atoms with Gasteiger partial charge in [0.2, 0.25) is 5.91 Å². The molecule has 0 saturated carbocycles. The zero-order valence-corrected chi connectivity index (χ0v) is 13.1. The van der Waals surface area contributed by atoms with Gasteiger partial charge in [0.05, 0.1) is 12.5 Å². The Bertz CT molecular complexity index is 813. The molecule has 3 rings (SSSR count). The molecule has 22 heavy (non-hydrogen) atoms. The second-order valence-corrected chi connectivity index (χ2v) is 5.69. The quantitative estimate of drug-likeness (QED) is 0.769. The molecule has 2 aromatic heterocycles. The number of aryl methyl sites for hydroxylation is 2. The van der Waals surface area contributed by atoms with E-state index in [4.69, 9.17) is 4.42 Å². The number of benzene rings is 1. The van der Waals surface area contributed by atoms with E-state index in [-0.39, 0.29) is 11.9 Å². The fourth-order valence-electron chi connectivity index (χ4n) is 2.77. The van der Waals surface area contributed by atoms with Crippen LogP contribution in [0.5, 0.6) is 0 Å². The lowest BCUT2D eigenvalue weighted by molar-refractivity contribution is -0.121. The minimum atomic E-state index is -0.133. The van der Waals surface area contributed by atoms with Gasteiger partial charge in [0.1, 0.15) is 11.5 Å². The molecule has 0 unspecified atom stereocenters. The van der Waals surface area contributed by atoms with Crippen LogP contribution in [0.2, 0.25) is 0 Å². The number of H-pyrrole nitrogens is 1. The topological polar surface area (TPSA) is 58.0 Å². The van der Waals surface area contributed by atoms with E-state index in [1.165, 1.54) is 0 Å². The summed E-state index contributed by atoms with van der Waals surface area (Å²) in [7, 11) is 0. The van der Waals surface area contributed by atoms with Crippen molar-refractivity contribution in [3.63, 3.8) is 0 Å². The molecule has 0 radical (unpaired) electrons. The molecule has 4 nitrogen and oxygen atoms in total. The third-order valence-electron chi connectivity index (χ3n) is 3.93. The van der Waals surface area contributed by atoms with Crippen molar-refractivity contribution in [2.24, 2.45) is 0 Å². The number of amides is 1. The third-order valence-corrected chi connectivity index (χ3v) is 3.93. The first kappa shape index (κ1) is 14.4. The standard InChI is InChI=1S/C18H20N2O2/c1-11-8-9-17(22-11)13(3)20-18(21)10-15-12(2)19-16-7-5-4-6-14(15)16/h4-9,13,19H,10H2,1-3H3,(H,20,21)/t13-/m1/s1. The summed E-state index contributed by atoms with van der Waals surface area (Å²) in [6.07, 6.45) is 0.361. The van der Waals surface area contributed by atoms with Gasteiger partial charge in [-0.15, -0.1) is 0 Å². The van der Waals surface area contributed by atoms with Crippen molar-refractivity contribution in [2.75, 3.05) is 0 Å². The van der Waals surface area contributed by atoms with Gasteiger partial charge in [-0.3, -0.25) is 4.79 Å². The van der Waals surface area contributed by atoms with Crippen LogP contribution in [0.15, 0.2) is 40.8 Å². The summed E-state index contributed by atoms with van der Waals surface area (Å²) in [5, 5.41) is 4.10. The predicted octanol–water partition coefficient (Wildman–Crippen LogP) is 3.80. The van der Waals surface area contributed by atoms with Crippen LogP contribution in [0.1, 0.15) is 35.7 Å². The minimum absolute atomic E-state index is 0.00518. The van der Waals surface area contributed by atoms with Crippen molar-refractivity contribution in [3.05, 3.63) is 59.2 Å². The molecule has 0 fully saturated rings. The van der Waals surface area contributed by atoms with Crippen LogP contribution in [-0.2, 0) is 11.2 Å². The van der Waals surface area contributed by atoms with Crippen molar-refractivity contribution in [1.29, 1.82) is 0 Å². The summed E-state index contributed by atoms with van der Waals surface area (Å²) in [5.41, 5.74) is 3.16. The summed E-state index contributed by atoms with van der Waals surface area (Å²) in [6.45, 7) is 5.83. The summed E-state index contributed by atoms with van der Waals surface area (Å²) in [5.74, 6) is 1.62. The van der Waals surface area contributed by atoms with Crippen LogP contribution in [0.3, 0.4) is 0 Å². The van der Waals surface area contributed by atoms with Crippen LogP contribution in [0.25, 0.3) is 10.9 Å². The normalized spacial score (nSPS) is 12.5. The van der Waals surface area contributed by atoms with E-state index in [1.807, 2.05) is 57.2 Å². The average molecular weight is 296 g/mol. The van der Waals surface area contributed by atoms with Gasteiger partial charge >= 0.3 is 0 Å². The van der Waals surface area contributed by atoms with Gasteiger partial charge in [-0.1, -0.05) is 18.2 Å². The Hall–Kier alpha value is -2.49. The van der Waals surface area contributed by atoms with E-state index >= 15 is 0 Å². The predicted molar refractivity (Wildman–Crippen MR) is 86.7 cm³/mol. The Labute approximate surface area is 129 Å². The number of para-hydroxylation sites is 1. The first-order chi connectivity index (χ1) is 10.5. The van der Waals surface area contributed by atoms with Crippen LogP contribution < -0.4 is 5.32 Å². The lowest BCUT2D eigenvalue weighted by Crippen LogP contribution is -2.28. The fourth-order valence-corrected chi connectivity index (χ4v) is 2.77. The molecule has 0 aliphatic rings. The zero-order chi connectivity index (χ0) is 15.7. The van der Waals surface area contributed by atoms with Gasteiger partial charge in [-0.2, -0.15) is 0 Å². The maximum absolute atomic E-state index is 12.3. The second-order valence-electron chi connectivity index (χ2n) is 5.69. The monoisotopic (exact) mass is 296 g/mol.